The fourth-order valence-corrected chi connectivity index (χ4v) is 9.47. The van der Waals surface area contributed by atoms with Gasteiger partial charge < -0.3 is 19.9 Å². The lowest BCUT2D eigenvalue weighted by Crippen LogP contribution is -2.46. The van der Waals surface area contributed by atoms with Crippen molar-refractivity contribution in [3.63, 3.8) is 0 Å². The minimum Gasteiger partial charge on any atom is -0.479 e. The van der Waals surface area contributed by atoms with Crippen LogP contribution in [0, 0.1) is 11.6 Å². The molecule has 1 aliphatic carbocycles. The monoisotopic (exact) mass is 897 g/mol. The lowest BCUT2D eigenvalue weighted by atomic mass is 9.83. The third-order valence-electron chi connectivity index (χ3n) is 12.5. The molecule has 1 unspecified atom stereocenters. The number of nitrogens with zero attached hydrogens (tertiary/aromatic N) is 5. The van der Waals surface area contributed by atoms with Gasteiger partial charge in [-0.05, 0) is 74.9 Å². The van der Waals surface area contributed by atoms with Crippen LogP contribution in [-0.2, 0) is 24.6 Å². The van der Waals surface area contributed by atoms with Crippen LogP contribution in [0.1, 0.15) is 97.4 Å². The van der Waals surface area contributed by atoms with Gasteiger partial charge in [0.1, 0.15) is 17.2 Å². The summed E-state index contributed by atoms with van der Waals surface area (Å²) in [6.45, 7) is 3.26. The fraction of sp³-hybridized carbons (Fsp3) is 0.400. The number of hydrogen-bond donors (Lipinski definition) is 4. The van der Waals surface area contributed by atoms with E-state index in [1.807, 2.05) is 23.1 Å². The molecule has 0 spiro atoms. The zero-order valence-corrected chi connectivity index (χ0v) is 36.2. The molecule has 0 radical (unpaired) electrons. The van der Waals surface area contributed by atoms with E-state index < -0.39 is 50.9 Å². The van der Waals surface area contributed by atoms with Crippen LogP contribution >= 0.6 is 0 Å². The summed E-state index contributed by atoms with van der Waals surface area (Å²) in [5, 5.41) is 6.10. The number of pyridine rings is 3. The Labute approximate surface area is 368 Å². The van der Waals surface area contributed by atoms with Crippen LogP contribution in [0.15, 0.2) is 67.3 Å². The largest absolute Gasteiger partial charge is 0.479 e. The molecule has 5 aromatic rings. The minimum absolute atomic E-state index is 0.0352. The van der Waals surface area contributed by atoms with E-state index in [9.17, 15) is 27.6 Å². The number of likely N-dealkylation sites (tertiary alicyclic amines) is 1. The van der Waals surface area contributed by atoms with E-state index in [0.717, 1.165) is 71.9 Å². The maximum absolute atomic E-state index is 15.6. The molecule has 3 aliphatic rings. The molecule has 1 saturated carbocycles. The van der Waals surface area contributed by atoms with Gasteiger partial charge in [-0.1, -0.05) is 13.0 Å². The Morgan fingerprint density at radius 1 is 0.891 bits per heavy atom. The average molecular weight is 898 g/mol. The minimum atomic E-state index is -4.14. The van der Waals surface area contributed by atoms with Crippen LogP contribution in [0.2, 0.25) is 0 Å². The number of aromatic nitrogens is 4. The number of amides is 3. The molecule has 4 aromatic heterocycles. The molecule has 8 rings (SSSR count). The molecule has 1 aromatic carbocycles. The van der Waals surface area contributed by atoms with Gasteiger partial charge in [0.25, 0.3) is 5.91 Å². The zero-order chi connectivity index (χ0) is 45.1. The number of rotatable bonds is 14. The van der Waals surface area contributed by atoms with Crippen molar-refractivity contribution in [2.75, 3.05) is 37.9 Å². The molecule has 3 amide bonds. The predicted molar refractivity (Wildman–Crippen MR) is 233 cm³/mol. The van der Waals surface area contributed by atoms with Crippen LogP contribution in [0.3, 0.4) is 0 Å². The number of benzene rings is 1. The van der Waals surface area contributed by atoms with Crippen LogP contribution in [0.5, 0.6) is 5.75 Å². The number of piperidine rings is 2. The van der Waals surface area contributed by atoms with Crippen LogP contribution in [0.25, 0.3) is 22.2 Å². The van der Waals surface area contributed by atoms with Gasteiger partial charge in [0, 0.05) is 109 Å². The fourth-order valence-electron chi connectivity index (χ4n) is 8.54. The quantitative estimate of drug-likeness (QED) is 0.0826. The Bertz CT molecular complexity index is 2670. The Balaban J connectivity index is 0.812. The lowest BCUT2D eigenvalue weighted by Gasteiger charge is -2.33. The number of fused-ring (bicyclic) bond motifs is 1. The smallest absolute Gasteiger partial charge is 0.301 e. The van der Waals surface area contributed by atoms with E-state index in [2.05, 4.69) is 30.3 Å². The van der Waals surface area contributed by atoms with Crippen molar-refractivity contribution in [1.82, 2.24) is 39.8 Å². The summed E-state index contributed by atoms with van der Waals surface area (Å²) in [5.74, 6) is -3.16. The molecule has 3 fully saturated rings. The first-order valence-electron chi connectivity index (χ1n) is 21.5. The van der Waals surface area contributed by atoms with Gasteiger partial charge in [0.2, 0.25) is 17.6 Å². The number of hydrogen-bond acceptors (Lipinski definition) is 11. The number of ether oxygens (including phenoxy) is 1. The van der Waals surface area contributed by atoms with Gasteiger partial charge in [-0.15, -0.1) is 0 Å². The summed E-state index contributed by atoms with van der Waals surface area (Å²) in [6, 6.07) is 11.3. The van der Waals surface area contributed by atoms with Gasteiger partial charge in [-0.25, -0.2) is 13.8 Å². The summed E-state index contributed by atoms with van der Waals surface area (Å²) in [4.78, 5) is 68.8. The Morgan fingerprint density at radius 3 is 2.27 bits per heavy atom. The topological polar surface area (TPSA) is 209 Å². The normalized spacial score (nSPS) is 19.8. The molecule has 16 nitrogen and oxygen atoms in total. The first-order chi connectivity index (χ1) is 30.8. The SMILES string of the molecule is CCN(C)S(=O)(=O)Nc1ccc(F)c(C(=O)c2c[nH]c3ncc(-c4ccc(C5CCC(NCC(=O)N6CCC(c7ccc(OC8CCC(=O)NC8=O)cn7)CC6)CC5)nc4)cc23)c1F. The van der Waals surface area contributed by atoms with Crippen LogP contribution in [-0.4, -0.2) is 106 Å². The number of carbonyl (C=O) groups excluding carboxylic acids is 4. The Morgan fingerprint density at radius 2 is 1.59 bits per heavy atom. The molecule has 4 N–H and O–H groups in total. The highest BCUT2D eigenvalue weighted by molar-refractivity contribution is 7.90. The van der Waals surface area contributed by atoms with Crippen LogP contribution < -0.4 is 20.1 Å². The van der Waals surface area contributed by atoms with Crippen molar-refractivity contribution in [2.24, 2.45) is 0 Å². The lowest BCUT2D eigenvalue weighted by molar-refractivity contribution is -0.139. The maximum Gasteiger partial charge on any atom is 0.301 e. The van der Waals surface area contributed by atoms with E-state index in [1.165, 1.54) is 13.2 Å². The molecule has 2 saturated heterocycles. The molecular formula is C45H49F2N9O7S. The summed E-state index contributed by atoms with van der Waals surface area (Å²) >= 11 is 0. The highest BCUT2D eigenvalue weighted by Crippen LogP contribution is 2.34. The number of carbonyl (C=O) groups is 4. The zero-order valence-electron chi connectivity index (χ0n) is 35.4. The third kappa shape index (κ3) is 9.65. The molecule has 19 heteroatoms. The highest BCUT2D eigenvalue weighted by atomic mass is 32.2. The van der Waals surface area contributed by atoms with E-state index >= 15 is 8.78 Å². The molecule has 6 heterocycles. The molecule has 64 heavy (non-hydrogen) atoms. The molecule has 336 valence electrons. The highest BCUT2D eigenvalue weighted by Gasteiger charge is 2.31. The maximum atomic E-state index is 15.6. The van der Waals surface area contributed by atoms with E-state index in [0.29, 0.717) is 41.9 Å². The first kappa shape index (κ1) is 44.4. The number of nitrogens with one attached hydrogen (secondary N) is 4. The van der Waals surface area contributed by atoms with Crippen molar-refractivity contribution in [2.45, 2.75) is 82.3 Å². The molecule has 0 bridgehead atoms. The van der Waals surface area contributed by atoms with E-state index in [1.54, 1.807) is 37.6 Å². The van der Waals surface area contributed by atoms with E-state index in [-0.39, 0.29) is 54.8 Å². The Kier molecular flexibility index (Phi) is 13.1. The summed E-state index contributed by atoms with van der Waals surface area (Å²) in [7, 11) is -2.84. The standard InChI is InChI=1S/C45H49F2N9O7S/c1-3-55(2)64(61,62)54-37-13-10-34(46)41(42(37)47)43(59)33-24-52-44-32(33)20-29(22-51-44)28-6-11-35(49-21-28)26-4-7-30(8-5-26)48-25-40(58)56-18-16-27(17-19-56)36-12-9-31(23-50-36)63-38-14-15-39(57)53-45(38)60/h6,9-13,20-24,26-27,30,38,48,54H,3-5,7-8,14-19,25H2,1-2H3,(H,51,52)(H,53,57,60). The van der Waals surface area contributed by atoms with Gasteiger partial charge >= 0.3 is 10.2 Å². The third-order valence-corrected chi connectivity index (χ3v) is 14.0. The van der Waals surface area contributed by atoms with Gasteiger partial charge in [-0.2, -0.15) is 12.7 Å². The van der Waals surface area contributed by atoms with Crippen molar-refractivity contribution < 1.29 is 41.1 Å². The van der Waals surface area contributed by atoms with Gasteiger partial charge in [0.15, 0.2) is 11.9 Å². The number of halogens is 2. The second kappa shape index (κ2) is 18.9. The van der Waals surface area contributed by atoms with E-state index in [4.69, 9.17) is 9.72 Å². The number of anilines is 1. The van der Waals surface area contributed by atoms with Crippen molar-refractivity contribution in [1.29, 1.82) is 0 Å². The average Bonchev–Trinajstić information content (AvgIpc) is 3.74. The molecule has 1 atom stereocenters. The summed E-state index contributed by atoms with van der Waals surface area (Å²) < 4.78 is 64.5. The summed E-state index contributed by atoms with van der Waals surface area (Å²) in [6.07, 6.45) is 11.3. The summed E-state index contributed by atoms with van der Waals surface area (Å²) in [5.41, 5.74) is 2.08. The molecular weight excluding hydrogens is 849 g/mol. The van der Waals surface area contributed by atoms with Crippen molar-refractivity contribution >= 4 is 50.4 Å². The van der Waals surface area contributed by atoms with Crippen LogP contribution in [0.4, 0.5) is 14.5 Å². The van der Waals surface area contributed by atoms with Crippen molar-refractivity contribution in [3.05, 3.63) is 101 Å². The van der Waals surface area contributed by atoms with Crippen molar-refractivity contribution in [3.8, 4) is 16.9 Å². The van der Waals surface area contributed by atoms with Gasteiger partial charge in [0.05, 0.1) is 24.0 Å². The number of ketones is 1. The predicted octanol–water partition coefficient (Wildman–Crippen LogP) is 5.34. The first-order valence-corrected chi connectivity index (χ1v) is 22.9. The molecule has 2 aliphatic heterocycles. The van der Waals surface area contributed by atoms with Gasteiger partial charge in [-0.3, -0.25) is 39.2 Å². The number of aromatic amines is 1. The number of H-pyrrole nitrogens is 1. The Hall–Kier alpha value is -6.18. The second-order valence-corrected chi connectivity index (χ2v) is 18.3. The second-order valence-electron chi connectivity index (χ2n) is 16.5. The number of imide groups is 1.